The van der Waals surface area contributed by atoms with E-state index in [1.807, 2.05) is 55.1 Å². The molecule has 0 spiro atoms. The van der Waals surface area contributed by atoms with Crippen molar-refractivity contribution >= 4 is 16.7 Å². The molecular weight excluding hydrogens is 362 g/mol. The predicted molar refractivity (Wildman–Crippen MR) is 119 cm³/mol. The van der Waals surface area contributed by atoms with E-state index < -0.39 is 0 Å². The van der Waals surface area contributed by atoms with Gasteiger partial charge in [0, 0.05) is 31.5 Å². The number of aryl methyl sites for hydroxylation is 1. The van der Waals surface area contributed by atoms with Crippen molar-refractivity contribution < 1.29 is 4.74 Å². The first kappa shape index (κ1) is 19.5. The molecule has 0 unspecified atom stereocenters. The highest BCUT2D eigenvalue weighted by atomic mass is 16.5. The Morgan fingerprint density at radius 1 is 1.14 bits per heavy atom. The molecule has 5 nitrogen and oxygen atoms in total. The van der Waals surface area contributed by atoms with Crippen molar-refractivity contribution in [2.24, 2.45) is 13.0 Å². The lowest BCUT2D eigenvalue weighted by atomic mass is 9.89. The smallest absolute Gasteiger partial charge is 0.200 e. The van der Waals surface area contributed by atoms with Gasteiger partial charge in [0.05, 0.1) is 17.5 Å². The summed E-state index contributed by atoms with van der Waals surface area (Å²) < 4.78 is 7.54. The number of hydrogen-bond donors (Lipinski definition) is 1. The van der Waals surface area contributed by atoms with Crippen LogP contribution < -0.4 is 15.5 Å². The van der Waals surface area contributed by atoms with Crippen LogP contribution in [0.3, 0.4) is 0 Å². The molecule has 0 aliphatic heterocycles. The number of nitrogens with one attached hydrogen (secondary N) is 1. The fraction of sp³-hybridized carbons (Fsp3) is 0.417. The number of aromatic nitrogens is 2. The molecule has 1 aromatic carbocycles. The number of nitrogens with zero attached hydrogens (tertiary/aromatic N) is 2. The quantitative estimate of drug-likeness (QED) is 0.643. The van der Waals surface area contributed by atoms with E-state index in [1.165, 1.54) is 32.1 Å². The van der Waals surface area contributed by atoms with E-state index in [1.54, 1.807) is 6.20 Å². The molecule has 1 fully saturated rings. The second-order valence-electron chi connectivity index (χ2n) is 7.88. The van der Waals surface area contributed by atoms with Gasteiger partial charge in [-0.05, 0) is 49.4 Å². The fourth-order valence-corrected chi connectivity index (χ4v) is 4.30. The molecule has 2 heterocycles. The molecule has 4 rings (SSSR count). The molecule has 0 bridgehead atoms. The topological polar surface area (TPSA) is 56.1 Å². The number of pyridine rings is 2. The Labute approximate surface area is 171 Å². The largest absolute Gasteiger partial charge is 0.494 e. The molecular formula is C24H29N3O2. The standard InChI is InChI=1S/C24H29N3O2/c1-3-29-19-11-9-18(10-12-19)20-16-27(2)21-13-14-25-24(22(21)23(20)28)26-15-17-7-5-4-6-8-17/h9-14,16-17H,3-8,15H2,1-2H3,(H,25,26). The summed E-state index contributed by atoms with van der Waals surface area (Å²) in [7, 11) is 1.98. The maximum atomic E-state index is 13.4. The first-order valence-corrected chi connectivity index (χ1v) is 10.6. The Morgan fingerprint density at radius 3 is 2.62 bits per heavy atom. The van der Waals surface area contributed by atoms with Gasteiger partial charge in [-0.3, -0.25) is 4.79 Å². The minimum absolute atomic E-state index is 0.0153. The van der Waals surface area contributed by atoms with Crippen molar-refractivity contribution in [3.05, 3.63) is 52.9 Å². The van der Waals surface area contributed by atoms with Gasteiger partial charge in [0.25, 0.3) is 0 Å². The van der Waals surface area contributed by atoms with Crippen LogP contribution in [0.2, 0.25) is 0 Å². The number of benzene rings is 1. The van der Waals surface area contributed by atoms with Crippen molar-refractivity contribution in [1.29, 1.82) is 0 Å². The average molecular weight is 392 g/mol. The Kier molecular flexibility index (Phi) is 5.84. The Morgan fingerprint density at radius 2 is 1.90 bits per heavy atom. The lowest BCUT2D eigenvalue weighted by Gasteiger charge is -2.22. The third kappa shape index (κ3) is 4.14. The van der Waals surface area contributed by atoms with Gasteiger partial charge in [0.2, 0.25) is 5.43 Å². The zero-order valence-corrected chi connectivity index (χ0v) is 17.3. The second-order valence-corrected chi connectivity index (χ2v) is 7.88. The fourth-order valence-electron chi connectivity index (χ4n) is 4.30. The number of hydrogen-bond acceptors (Lipinski definition) is 4. The second kappa shape index (κ2) is 8.68. The molecule has 0 amide bonds. The van der Waals surface area contributed by atoms with E-state index in [0.717, 1.165) is 23.4 Å². The summed E-state index contributed by atoms with van der Waals surface area (Å²) in [6, 6.07) is 9.62. The Hall–Kier alpha value is -2.82. The number of rotatable bonds is 6. The molecule has 1 aliphatic carbocycles. The van der Waals surface area contributed by atoms with Crippen molar-refractivity contribution in [2.75, 3.05) is 18.5 Å². The molecule has 1 aliphatic rings. The van der Waals surface area contributed by atoms with Gasteiger partial charge in [-0.15, -0.1) is 0 Å². The van der Waals surface area contributed by atoms with Crippen LogP contribution in [-0.2, 0) is 7.05 Å². The minimum atomic E-state index is 0.0153. The van der Waals surface area contributed by atoms with Crippen molar-refractivity contribution in [2.45, 2.75) is 39.0 Å². The first-order valence-electron chi connectivity index (χ1n) is 10.6. The third-order valence-electron chi connectivity index (χ3n) is 5.86. The van der Waals surface area contributed by atoms with Gasteiger partial charge < -0.3 is 14.6 Å². The van der Waals surface area contributed by atoms with Gasteiger partial charge in [-0.25, -0.2) is 4.98 Å². The molecule has 0 atom stereocenters. The van der Waals surface area contributed by atoms with E-state index in [-0.39, 0.29) is 5.43 Å². The highest BCUT2D eigenvalue weighted by Gasteiger charge is 2.17. The average Bonchev–Trinajstić information content (AvgIpc) is 2.76. The maximum Gasteiger partial charge on any atom is 0.200 e. The van der Waals surface area contributed by atoms with Crippen LogP contribution in [0, 0.1) is 5.92 Å². The first-order chi connectivity index (χ1) is 14.2. The SMILES string of the molecule is CCOc1ccc(-c2cn(C)c3ccnc(NCC4CCCCC4)c3c2=O)cc1. The predicted octanol–water partition coefficient (Wildman–Crippen LogP) is 4.99. The van der Waals surface area contributed by atoms with Crippen LogP contribution in [0.5, 0.6) is 5.75 Å². The van der Waals surface area contributed by atoms with Crippen LogP contribution in [0.4, 0.5) is 5.82 Å². The van der Waals surface area contributed by atoms with Gasteiger partial charge in [-0.1, -0.05) is 31.4 Å². The van der Waals surface area contributed by atoms with Crippen LogP contribution in [-0.4, -0.2) is 22.7 Å². The molecule has 0 radical (unpaired) electrons. The van der Waals surface area contributed by atoms with E-state index in [4.69, 9.17) is 4.74 Å². The van der Waals surface area contributed by atoms with Crippen LogP contribution in [0.1, 0.15) is 39.0 Å². The molecule has 152 valence electrons. The normalized spacial score (nSPS) is 14.8. The maximum absolute atomic E-state index is 13.4. The number of fused-ring (bicyclic) bond motifs is 1. The third-order valence-corrected chi connectivity index (χ3v) is 5.86. The van der Waals surface area contributed by atoms with Crippen molar-refractivity contribution in [3.63, 3.8) is 0 Å². The molecule has 0 saturated heterocycles. The monoisotopic (exact) mass is 391 g/mol. The van der Waals surface area contributed by atoms with Gasteiger partial charge in [0.15, 0.2) is 0 Å². The zero-order chi connectivity index (χ0) is 20.2. The molecule has 5 heteroatoms. The van der Waals surface area contributed by atoms with Crippen molar-refractivity contribution in [1.82, 2.24) is 9.55 Å². The summed E-state index contributed by atoms with van der Waals surface area (Å²) in [6.45, 7) is 3.46. The van der Waals surface area contributed by atoms with Crippen LogP contribution >= 0.6 is 0 Å². The number of ether oxygens (including phenoxy) is 1. The van der Waals surface area contributed by atoms with E-state index in [2.05, 4.69) is 10.3 Å². The highest BCUT2D eigenvalue weighted by Crippen LogP contribution is 2.27. The molecule has 2 aromatic heterocycles. The van der Waals surface area contributed by atoms with E-state index >= 15 is 0 Å². The van der Waals surface area contributed by atoms with Gasteiger partial charge >= 0.3 is 0 Å². The van der Waals surface area contributed by atoms with Gasteiger partial charge in [-0.2, -0.15) is 0 Å². The van der Waals surface area contributed by atoms with E-state index in [0.29, 0.717) is 29.3 Å². The summed E-state index contributed by atoms with van der Waals surface area (Å²) in [6.07, 6.45) is 10.2. The molecule has 3 aromatic rings. The summed E-state index contributed by atoms with van der Waals surface area (Å²) in [5, 5.41) is 4.15. The highest BCUT2D eigenvalue weighted by molar-refractivity contribution is 5.92. The van der Waals surface area contributed by atoms with Crippen LogP contribution in [0.25, 0.3) is 22.0 Å². The molecule has 1 N–H and O–H groups in total. The molecule has 29 heavy (non-hydrogen) atoms. The Balaban J connectivity index is 1.71. The van der Waals surface area contributed by atoms with Crippen LogP contribution in [0.15, 0.2) is 47.5 Å². The van der Waals surface area contributed by atoms with Crippen molar-refractivity contribution in [3.8, 4) is 16.9 Å². The molecule has 1 saturated carbocycles. The van der Waals surface area contributed by atoms with E-state index in [9.17, 15) is 4.79 Å². The lowest BCUT2D eigenvalue weighted by Crippen LogP contribution is -2.19. The minimum Gasteiger partial charge on any atom is -0.494 e. The summed E-state index contributed by atoms with van der Waals surface area (Å²) >= 11 is 0. The lowest BCUT2D eigenvalue weighted by molar-refractivity contribution is 0.340. The van der Waals surface area contributed by atoms with Gasteiger partial charge in [0.1, 0.15) is 11.6 Å². The summed E-state index contributed by atoms with van der Waals surface area (Å²) in [4.78, 5) is 18.0. The Bertz CT molecular complexity index is 1030. The zero-order valence-electron chi connectivity index (χ0n) is 17.3. The number of anilines is 1. The summed E-state index contributed by atoms with van der Waals surface area (Å²) in [5.41, 5.74) is 2.47. The summed E-state index contributed by atoms with van der Waals surface area (Å²) in [5.74, 6) is 2.17.